The van der Waals surface area contributed by atoms with Gasteiger partial charge in [0.05, 0.1) is 12.6 Å². The average Bonchev–Trinajstić information content (AvgIpc) is 2.30. The highest BCUT2D eigenvalue weighted by Crippen LogP contribution is 2.04. The van der Waals surface area contributed by atoms with E-state index in [1.165, 1.54) is 0 Å². The number of nitrogens with zero attached hydrogens (tertiary/aromatic N) is 2. The van der Waals surface area contributed by atoms with Crippen LogP contribution in [0.4, 0.5) is 0 Å². The number of carbonyl (C=O) groups excluding carboxylic acids is 1. The van der Waals surface area contributed by atoms with E-state index >= 15 is 0 Å². The van der Waals surface area contributed by atoms with Gasteiger partial charge < -0.3 is 10.6 Å². The van der Waals surface area contributed by atoms with E-state index in [0.717, 1.165) is 13.1 Å². The summed E-state index contributed by atoms with van der Waals surface area (Å²) in [6.07, 6.45) is 7.45. The van der Waals surface area contributed by atoms with Crippen LogP contribution >= 0.6 is 0 Å². The van der Waals surface area contributed by atoms with Gasteiger partial charge in [-0.1, -0.05) is 12.0 Å². The molecule has 1 saturated heterocycles. The zero-order valence-electron chi connectivity index (χ0n) is 9.56. The van der Waals surface area contributed by atoms with Crippen LogP contribution in [0.5, 0.6) is 0 Å². The van der Waals surface area contributed by atoms with Crippen LogP contribution in [0, 0.1) is 12.3 Å². The van der Waals surface area contributed by atoms with Gasteiger partial charge in [-0.05, 0) is 6.42 Å². The summed E-state index contributed by atoms with van der Waals surface area (Å²) in [5.74, 6) is 2.62. The van der Waals surface area contributed by atoms with Crippen LogP contribution in [0.1, 0.15) is 6.42 Å². The molecule has 16 heavy (non-hydrogen) atoms. The Hall–Kier alpha value is -1.31. The maximum absolute atomic E-state index is 11.8. The Morgan fingerprint density at radius 1 is 1.50 bits per heavy atom. The quantitative estimate of drug-likeness (QED) is 0.522. The van der Waals surface area contributed by atoms with Gasteiger partial charge >= 0.3 is 0 Å². The molecule has 1 fully saturated rings. The number of terminal acetylenes is 1. The van der Waals surface area contributed by atoms with Crippen molar-refractivity contribution in [2.45, 2.75) is 12.5 Å². The molecule has 1 atom stereocenters. The van der Waals surface area contributed by atoms with Crippen molar-refractivity contribution in [3.8, 4) is 12.3 Å². The Kier molecular flexibility index (Phi) is 5.03. The molecule has 0 bridgehead atoms. The van der Waals surface area contributed by atoms with Crippen molar-refractivity contribution >= 4 is 5.91 Å². The van der Waals surface area contributed by atoms with Crippen LogP contribution in [-0.4, -0.2) is 54.5 Å². The number of piperazine rings is 1. The molecule has 4 nitrogen and oxygen atoms in total. The summed E-state index contributed by atoms with van der Waals surface area (Å²) in [4.78, 5) is 15.8. The van der Waals surface area contributed by atoms with Gasteiger partial charge in [0, 0.05) is 26.2 Å². The second-order valence-electron chi connectivity index (χ2n) is 3.94. The fraction of sp³-hybridized carbons (Fsp3) is 0.583. The minimum absolute atomic E-state index is 0.0141. The topological polar surface area (TPSA) is 49.6 Å². The van der Waals surface area contributed by atoms with E-state index in [1.807, 2.05) is 0 Å². The van der Waals surface area contributed by atoms with Crippen LogP contribution in [0.2, 0.25) is 0 Å². The lowest BCUT2D eigenvalue weighted by Gasteiger charge is -2.34. The van der Waals surface area contributed by atoms with Gasteiger partial charge in [-0.15, -0.1) is 13.0 Å². The SMILES string of the molecule is C#CCN1CCN(C(=O)C(N)CC=C)CC1. The lowest BCUT2D eigenvalue weighted by molar-refractivity contribution is -0.134. The Bertz CT molecular complexity index is 287. The second kappa shape index (κ2) is 6.31. The van der Waals surface area contributed by atoms with Crippen molar-refractivity contribution in [3.05, 3.63) is 12.7 Å². The molecule has 0 aromatic heterocycles. The lowest BCUT2D eigenvalue weighted by Crippen LogP contribution is -2.53. The van der Waals surface area contributed by atoms with E-state index in [4.69, 9.17) is 12.2 Å². The Labute approximate surface area is 97.1 Å². The minimum atomic E-state index is -0.448. The third kappa shape index (κ3) is 3.37. The van der Waals surface area contributed by atoms with Crippen LogP contribution in [-0.2, 0) is 4.79 Å². The number of nitrogens with two attached hydrogens (primary N) is 1. The van der Waals surface area contributed by atoms with Crippen LogP contribution in [0.3, 0.4) is 0 Å². The maximum Gasteiger partial charge on any atom is 0.239 e. The molecule has 0 radical (unpaired) electrons. The molecule has 4 heteroatoms. The van der Waals surface area contributed by atoms with Crippen LogP contribution in [0.25, 0.3) is 0 Å². The zero-order chi connectivity index (χ0) is 12.0. The third-order valence-corrected chi connectivity index (χ3v) is 2.74. The fourth-order valence-corrected chi connectivity index (χ4v) is 1.77. The van der Waals surface area contributed by atoms with Crippen molar-refractivity contribution in [2.75, 3.05) is 32.7 Å². The largest absolute Gasteiger partial charge is 0.339 e. The Morgan fingerprint density at radius 2 is 2.12 bits per heavy atom. The summed E-state index contributed by atoms with van der Waals surface area (Å²) in [6, 6.07) is -0.448. The summed E-state index contributed by atoms with van der Waals surface area (Å²) >= 11 is 0. The van der Waals surface area contributed by atoms with Crippen molar-refractivity contribution in [3.63, 3.8) is 0 Å². The first-order valence-corrected chi connectivity index (χ1v) is 5.50. The first-order chi connectivity index (χ1) is 7.69. The van der Waals surface area contributed by atoms with E-state index in [9.17, 15) is 4.79 Å². The van der Waals surface area contributed by atoms with Crippen LogP contribution in [0.15, 0.2) is 12.7 Å². The van der Waals surface area contributed by atoms with Crippen LogP contribution < -0.4 is 5.73 Å². The number of rotatable bonds is 4. The van der Waals surface area contributed by atoms with Crippen molar-refractivity contribution < 1.29 is 4.79 Å². The zero-order valence-corrected chi connectivity index (χ0v) is 9.56. The Balaban J connectivity index is 2.38. The van der Waals surface area contributed by atoms with Gasteiger partial charge in [-0.2, -0.15) is 0 Å². The Morgan fingerprint density at radius 3 is 2.62 bits per heavy atom. The fourth-order valence-electron chi connectivity index (χ4n) is 1.77. The molecule has 88 valence electrons. The average molecular weight is 221 g/mol. The highest BCUT2D eigenvalue weighted by atomic mass is 16.2. The van der Waals surface area contributed by atoms with E-state index in [2.05, 4.69) is 17.4 Å². The van der Waals surface area contributed by atoms with E-state index < -0.39 is 6.04 Å². The number of carbonyl (C=O) groups is 1. The molecule has 1 aliphatic rings. The first-order valence-electron chi connectivity index (χ1n) is 5.50. The molecule has 0 aromatic carbocycles. The molecule has 0 aliphatic carbocycles. The normalized spacial score (nSPS) is 18.9. The molecule has 0 spiro atoms. The third-order valence-electron chi connectivity index (χ3n) is 2.74. The summed E-state index contributed by atoms with van der Waals surface area (Å²) in [7, 11) is 0. The van der Waals surface area contributed by atoms with E-state index in [1.54, 1.807) is 11.0 Å². The molecule has 1 amide bonds. The smallest absolute Gasteiger partial charge is 0.239 e. The highest BCUT2D eigenvalue weighted by Gasteiger charge is 2.23. The summed E-state index contributed by atoms with van der Waals surface area (Å²) < 4.78 is 0. The monoisotopic (exact) mass is 221 g/mol. The summed E-state index contributed by atoms with van der Waals surface area (Å²) in [5, 5.41) is 0. The van der Waals surface area contributed by atoms with Gasteiger partial charge in [0.25, 0.3) is 0 Å². The van der Waals surface area contributed by atoms with Crippen molar-refractivity contribution in [1.29, 1.82) is 0 Å². The van der Waals surface area contributed by atoms with Crippen molar-refractivity contribution in [1.82, 2.24) is 9.80 Å². The molecule has 1 unspecified atom stereocenters. The molecule has 0 aromatic rings. The lowest BCUT2D eigenvalue weighted by atomic mass is 10.1. The predicted octanol–water partition coefficient (Wildman–Crippen LogP) is -0.333. The molecular formula is C12H19N3O. The number of amides is 1. The van der Waals surface area contributed by atoms with E-state index in [-0.39, 0.29) is 5.91 Å². The van der Waals surface area contributed by atoms with E-state index in [0.29, 0.717) is 26.1 Å². The number of hydrogen-bond acceptors (Lipinski definition) is 3. The minimum Gasteiger partial charge on any atom is -0.339 e. The predicted molar refractivity (Wildman–Crippen MR) is 64.6 cm³/mol. The first kappa shape index (κ1) is 12.8. The molecule has 1 rings (SSSR count). The summed E-state index contributed by atoms with van der Waals surface area (Å²) in [6.45, 7) is 7.32. The molecular weight excluding hydrogens is 202 g/mol. The maximum atomic E-state index is 11.8. The molecule has 2 N–H and O–H groups in total. The number of hydrogen-bond donors (Lipinski definition) is 1. The molecule has 1 aliphatic heterocycles. The molecule has 1 heterocycles. The van der Waals surface area contributed by atoms with Gasteiger partial charge in [0.1, 0.15) is 0 Å². The second-order valence-corrected chi connectivity index (χ2v) is 3.94. The van der Waals surface area contributed by atoms with Crippen molar-refractivity contribution in [2.24, 2.45) is 5.73 Å². The standard InChI is InChI=1S/C12H19N3O/c1-3-5-11(13)12(16)15-9-7-14(6-4-2)8-10-15/h2-3,11H,1,5-10,13H2. The van der Waals surface area contributed by atoms with Gasteiger partial charge in [-0.25, -0.2) is 0 Å². The molecule has 0 saturated carbocycles. The van der Waals surface area contributed by atoms with Gasteiger partial charge in [0.2, 0.25) is 5.91 Å². The summed E-state index contributed by atoms with van der Waals surface area (Å²) in [5.41, 5.74) is 5.74. The van der Waals surface area contributed by atoms with Gasteiger partial charge in [0.15, 0.2) is 0 Å². The van der Waals surface area contributed by atoms with Gasteiger partial charge in [-0.3, -0.25) is 9.69 Å². The highest BCUT2D eigenvalue weighted by molar-refractivity contribution is 5.81.